The number of rotatable bonds is 75. The second kappa shape index (κ2) is 63.4. The summed E-state index contributed by atoms with van der Waals surface area (Å²) < 4.78 is 83.8. The van der Waals surface area contributed by atoms with E-state index in [-0.39, 0.29) is 17.2 Å². The first-order valence-electron chi connectivity index (χ1n) is 46.2. The number of nitrogens with one attached hydrogen (secondary N) is 1. The van der Waals surface area contributed by atoms with Crippen LogP contribution in [-0.4, -0.2) is 57.4 Å². The smallest absolute Gasteiger partial charge is 0.626 e. The Morgan fingerprint density at radius 3 is 0.833 bits per heavy atom. The van der Waals surface area contributed by atoms with E-state index >= 15 is 8.63 Å². The first-order chi connectivity index (χ1) is 53.2. The van der Waals surface area contributed by atoms with Crippen LogP contribution in [0.15, 0.2) is 71.1 Å². The van der Waals surface area contributed by atoms with Crippen molar-refractivity contribution in [1.29, 1.82) is 0 Å². The van der Waals surface area contributed by atoms with E-state index in [0.29, 0.717) is 91.2 Å². The van der Waals surface area contributed by atoms with Gasteiger partial charge in [0.15, 0.2) is 23.0 Å². The van der Waals surface area contributed by atoms with Crippen LogP contribution < -0.4 is 28.4 Å². The maximum absolute atomic E-state index is 16.1. The zero-order valence-corrected chi connectivity index (χ0v) is 70.4. The van der Waals surface area contributed by atoms with Gasteiger partial charge >= 0.3 is 7.11 Å². The van der Waals surface area contributed by atoms with Crippen LogP contribution in [-0.2, 0) is 9.31 Å². The van der Waals surface area contributed by atoms with E-state index in [2.05, 4.69) is 46.5 Å². The van der Waals surface area contributed by atoms with Gasteiger partial charge in [-0.05, 0) is 87.1 Å². The van der Waals surface area contributed by atoms with Gasteiger partial charge in [-0.15, -0.1) is 0 Å². The zero-order valence-electron chi connectivity index (χ0n) is 70.4. The topological polar surface area (TPSA) is 102 Å². The molecule has 10 nitrogen and oxygen atoms in total. The van der Waals surface area contributed by atoms with E-state index < -0.39 is 7.11 Å². The number of hydrogen-bond donors (Lipinski definition) is 1. The van der Waals surface area contributed by atoms with Crippen LogP contribution in [0.4, 0.5) is 8.63 Å². The number of ether oxygens (including phenoxy) is 6. The van der Waals surface area contributed by atoms with Crippen molar-refractivity contribution in [3.05, 3.63) is 77.3 Å². The van der Waals surface area contributed by atoms with Crippen molar-refractivity contribution >= 4 is 18.6 Å². The Bertz CT molecular complexity index is 2720. The Balaban J connectivity index is 1.43. The Morgan fingerprint density at radius 2 is 0.546 bits per heavy atom. The summed E-state index contributed by atoms with van der Waals surface area (Å²) in [5, 5.41) is 0. The van der Waals surface area contributed by atoms with Crippen LogP contribution in [0.25, 0.3) is 17.0 Å². The molecule has 0 spiro atoms. The first kappa shape index (κ1) is 93.5. The van der Waals surface area contributed by atoms with Crippen LogP contribution >= 0.6 is 0 Å². The Morgan fingerprint density at radius 1 is 0.296 bits per heavy atom. The highest BCUT2D eigenvalue weighted by Crippen LogP contribution is 2.45. The Kier molecular flexibility index (Phi) is 55.0. The normalized spacial score (nSPS) is 14.0. The third kappa shape index (κ3) is 43.1. The van der Waals surface area contributed by atoms with Crippen molar-refractivity contribution in [2.75, 3.05) is 39.6 Å². The minimum atomic E-state index is -4.79. The fourth-order valence-electron chi connectivity index (χ4n) is 14.9. The molecule has 3 heterocycles. The fourth-order valence-corrected chi connectivity index (χ4v) is 14.9. The van der Waals surface area contributed by atoms with Gasteiger partial charge in [0.1, 0.15) is 17.2 Å². The van der Waals surface area contributed by atoms with Crippen LogP contribution in [0, 0.1) is 0 Å². The molecule has 0 radical (unpaired) electrons. The molecule has 1 N–H and O–H groups in total. The van der Waals surface area contributed by atoms with Crippen molar-refractivity contribution in [2.24, 2.45) is 4.99 Å². The minimum Gasteiger partial charge on any atom is -0.626 e. The number of nitrogens with zero attached hydrogens (tertiary/aromatic N) is 1. The standard InChI is InChI=1S/C95H160BF2N2O8/c1-7-13-19-25-31-37-43-49-55-61-71-101-90-77-82(78-91(102-72-62-56-50-44-38-32-26-20-14-8-2)94(90)105-75-65-59-53-47-41-35-29-23-17-11-5)84-67-69-86(99-84)88-81-89(108-96(97,98)107-88)87-70-68-85(100-87)83-79-92(103-73-63-57-51-45-39-33-27-21-15-9-3)95(106-76-66-60-54-48-42-36-30-24-18-12-6)93(80-83)104-74-64-58-52-46-40-34-28-22-16-10-4/h67-70,77-81,99H,7-66,71-76H2,1-6H3/q-1/b89-87-. The van der Waals surface area contributed by atoms with E-state index in [4.69, 9.17) is 42.7 Å². The first-order valence-corrected chi connectivity index (χ1v) is 46.2. The third-order valence-corrected chi connectivity index (χ3v) is 21.8. The molecule has 0 fully saturated rings. The van der Waals surface area contributed by atoms with Gasteiger partial charge in [-0.25, -0.2) is 4.99 Å². The molecule has 108 heavy (non-hydrogen) atoms. The van der Waals surface area contributed by atoms with Gasteiger partial charge in [-0.3, -0.25) is 0 Å². The molecule has 0 atom stereocenters. The number of H-pyrrole nitrogens is 1. The lowest BCUT2D eigenvalue weighted by Crippen LogP contribution is -2.34. The van der Waals surface area contributed by atoms with E-state index in [1.165, 1.54) is 314 Å². The largest absolute Gasteiger partial charge is 0.726 e. The predicted molar refractivity (Wildman–Crippen MR) is 458 cm³/mol. The molecule has 0 saturated carbocycles. The number of aromatic amines is 1. The molecule has 0 saturated heterocycles. The van der Waals surface area contributed by atoms with Gasteiger partial charge in [0.05, 0.1) is 51.0 Å². The molecule has 0 unspecified atom stereocenters. The summed E-state index contributed by atoms with van der Waals surface area (Å²) in [5.41, 5.74) is 3.48. The number of unbranched alkanes of at least 4 members (excludes halogenated alkanes) is 54. The Labute approximate surface area is 660 Å². The molecule has 3 aromatic rings. The molecule has 5 rings (SSSR count). The molecular weight excluding hydrogens is 1350 g/mol. The quantitative estimate of drug-likeness (QED) is 0.0441. The summed E-state index contributed by atoms with van der Waals surface area (Å²) in [6, 6.07) is 11.8. The van der Waals surface area contributed by atoms with Crippen LogP contribution in [0.1, 0.15) is 438 Å². The van der Waals surface area contributed by atoms with Crippen LogP contribution in [0.5, 0.6) is 34.5 Å². The average Bonchev–Trinajstić information content (AvgIpc) is 1.56. The lowest BCUT2D eigenvalue weighted by atomic mass is 10.1. The highest BCUT2D eigenvalue weighted by Gasteiger charge is 2.39. The minimum absolute atomic E-state index is 0.0439. The van der Waals surface area contributed by atoms with Gasteiger partial charge in [0, 0.05) is 22.9 Å². The fraction of sp³-hybridized carbons (Fsp3) is 0.758. The monoisotopic (exact) mass is 1510 g/mol. The van der Waals surface area contributed by atoms with Crippen molar-refractivity contribution in [2.45, 2.75) is 427 Å². The van der Waals surface area contributed by atoms with Gasteiger partial charge in [0.2, 0.25) is 11.5 Å². The molecule has 0 aliphatic carbocycles. The van der Waals surface area contributed by atoms with Gasteiger partial charge in [0.25, 0.3) is 0 Å². The maximum atomic E-state index is 16.1. The van der Waals surface area contributed by atoms with Gasteiger partial charge < -0.3 is 51.3 Å². The van der Waals surface area contributed by atoms with E-state index in [9.17, 15) is 0 Å². The second-order valence-corrected chi connectivity index (χ2v) is 31.9. The SMILES string of the molecule is CCCCCCCCCCCCOc1cc(C2=N/C(=C3/C=C(c4ccc(-c5cc(OCCCCCCCCCCCC)c(OCCCCCCCCCCCC)c(OCCCCCCCCCCCC)c5)[nH]4)O[B-](F)(F)O3)C=C2)cc(OCCCCCCCCCCCC)c1OCCCCCCCCCCCC. The summed E-state index contributed by atoms with van der Waals surface area (Å²) in [6.07, 6.45) is 79.4. The van der Waals surface area contributed by atoms with Gasteiger partial charge in [-0.1, -0.05) is 388 Å². The van der Waals surface area contributed by atoms with Crippen molar-refractivity contribution < 1.29 is 46.4 Å². The van der Waals surface area contributed by atoms with Crippen molar-refractivity contribution in [3.63, 3.8) is 0 Å². The Hall–Kier alpha value is -5.07. The summed E-state index contributed by atoms with van der Waals surface area (Å²) in [7, 11) is -4.79. The summed E-state index contributed by atoms with van der Waals surface area (Å²) in [6.45, 7) is 17.0. The van der Waals surface area contributed by atoms with E-state index in [0.717, 1.165) is 88.2 Å². The molecule has 2 aliphatic rings. The van der Waals surface area contributed by atoms with Crippen LogP contribution in [0.3, 0.4) is 0 Å². The molecule has 1 aromatic heterocycles. The number of allylic oxidation sites excluding steroid dienone is 3. The lowest BCUT2D eigenvalue weighted by molar-refractivity contribution is 0.171. The summed E-state index contributed by atoms with van der Waals surface area (Å²) in [4.78, 5) is 8.50. The molecule has 13 heteroatoms. The molecular formula is C95H160BF2N2O8-. The predicted octanol–water partition coefficient (Wildman–Crippen LogP) is 31.5. The number of hydrogen-bond acceptors (Lipinski definition) is 9. The second-order valence-electron chi connectivity index (χ2n) is 31.9. The third-order valence-electron chi connectivity index (χ3n) is 21.8. The number of aromatic nitrogens is 1. The average molecular weight is 1510 g/mol. The van der Waals surface area contributed by atoms with E-state index in [1.54, 1.807) is 12.1 Å². The molecule has 2 aromatic carbocycles. The maximum Gasteiger partial charge on any atom is 0.726 e. The van der Waals surface area contributed by atoms with Crippen molar-refractivity contribution in [3.8, 4) is 45.8 Å². The molecule has 0 bridgehead atoms. The summed E-state index contributed by atoms with van der Waals surface area (Å²) >= 11 is 0. The lowest BCUT2D eigenvalue weighted by Gasteiger charge is -2.34. The molecule has 616 valence electrons. The summed E-state index contributed by atoms with van der Waals surface area (Å²) in [5.74, 6) is 3.68. The van der Waals surface area contributed by atoms with Gasteiger partial charge in [-0.2, -0.15) is 0 Å². The van der Waals surface area contributed by atoms with Crippen LogP contribution in [0.2, 0.25) is 0 Å². The molecule has 2 aliphatic heterocycles. The zero-order chi connectivity index (χ0) is 76.7. The highest BCUT2D eigenvalue weighted by atomic mass is 19.3. The highest BCUT2D eigenvalue weighted by molar-refractivity contribution is 6.53. The van der Waals surface area contributed by atoms with Crippen molar-refractivity contribution in [1.82, 2.24) is 4.98 Å². The molecule has 0 amide bonds. The number of benzene rings is 2. The number of aliphatic imine (C=N–C) groups is 1. The van der Waals surface area contributed by atoms with E-state index in [1.807, 2.05) is 36.4 Å². The number of halogens is 2.